The second-order valence-electron chi connectivity index (χ2n) is 11.8. The molecule has 1 heterocycles. The van der Waals surface area contributed by atoms with Crippen LogP contribution in [0, 0.1) is 17.8 Å². The van der Waals surface area contributed by atoms with E-state index in [-0.39, 0.29) is 0 Å². The van der Waals surface area contributed by atoms with Crippen molar-refractivity contribution in [2.24, 2.45) is 17.8 Å². The number of hydrogen-bond acceptors (Lipinski definition) is 3. The molecule has 2 aromatic carbocycles. The minimum atomic E-state index is 0.353. The highest BCUT2D eigenvalue weighted by molar-refractivity contribution is 5.58. The molecule has 1 fully saturated rings. The molecule has 0 aromatic heterocycles. The first-order valence-electron chi connectivity index (χ1n) is 15.5. The molecular formula is C37H46O3. The van der Waals surface area contributed by atoms with E-state index in [4.69, 9.17) is 14.2 Å². The average Bonchev–Trinajstić information content (AvgIpc) is 2.98. The summed E-state index contributed by atoms with van der Waals surface area (Å²) < 4.78 is 18.6. The van der Waals surface area contributed by atoms with Crippen LogP contribution in [0.5, 0.6) is 5.75 Å². The van der Waals surface area contributed by atoms with Gasteiger partial charge in [-0.25, -0.2) is 0 Å². The molecule has 1 aliphatic heterocycles. The third-order valence-corrected chi connectivity index (χ3v) is 8.68. The zero-order valence-electron chi connectivity index (χ0n) is 24.2. The second kappa shape index (κ2) is 15.1. The Labute approximate surface area is 241 Å². The molecule has 0 spiro atoms. The predicted octanol–water partition coefficient (Wildman–Crippen LogP) is 9.60. The van der Waals surface area contributed by atoms with Gasteiger partial charge in [0.05, 0.1) is 19.0 Å². The van der Waals surface area contributed by atoms with Crippen molar-refractivity contribution >= 4 is 6.08 Å². The molecule has 2 atom stereocenters. The maximum Gasteiger partial charge on any atom is 0.124 e. The van der Waals surface area contributed by atoms with E-state index in [0.29, 0.717) is 19.1 Å². The lowest BCUT2D eigenvalue weighted by Crippen LogP contribution is -2.14. The van der Waals surface area contributed by atoms with Gasteiger partial charge < -0.3 is 14.2 Å². The standard InChI is InChI=1S/C37H46O3/c1-29-8-5-11-31(19-21-36(29)40-27-34-9-3-2-4-10-34)17-18-33-20-22-37-35(26-33)28-38-24-7-14-32(23-25-39-37)16-15-30-12-6-13-30/h2-5,9-11,17-22,26,29-30,32H,6-8,12-16,23-25,27-28H2,1H3/b11-5+,18-17+,31-19+,36-21+. The van der Waals surface area contributed by atoms with Crippen molar-refractivity contribution in [3.8, 4) is 5.75 Å². The summed E-state index contributed by atoms with van der Waals surface area (Å²) >= 11 is 0. The minimum absolute atomic E-state index is 0.353. The van der Waals surface area contributed by atoms with Gasteiger partial charge in [0.1, 0.15) is 12.4 Å². The van der Waals surface area contributed by atoms with Gasteiger partial charge in [0.2, 0.25) is 0 Å². The Bertz CT molecular complexity index is 1190. The Kier molecular flexibility index (Phi) is 10.8. The van der Waals surface area contributed by atoms with E-state index in [1.54, 1.807) is 0 Å². The van der Waals surface area contributed by atoms with Gasteiger partial charge in [0.15, 0.2) is 0 Å². The number of ether oxygens (including phenoxy) is 3. The molecule has 0 radical (unpaired) electrons. The zero-order valence-corrected chi connectivity index (χ0v) is 24.2. The van der Waals surface area contributed by atoms with Crippen molar-refractivity contribution < 1.29 is 14.2 Å². The summed E-state index contributed by atoms with van der Waals surface area (Å²) in [5, 5.41) is 0. The van der Waals surface area contributed by atoms with Crippen molar-refractivity contribution in [3.05, 3.63) is 107 Å². The molecule has 2 aliphatic carbocycles. The molecule has 1 saturated carbocycles. The molecule has 40 heavy (non-hydrogen) atoms. The molecule has 5 rings (SSSR count). The van der Waals surface area contributed by atoms with Crippen molar-refractivity contribution in [2.75, 3.05) is 13.2 Å². The fourth-order valence-corrected chi connectivity index (χ4v) is 5.79. The summed E-state index contributed by atoms with van der Waals surface area (Å²) in [6.45, 7) is 5.06. The maximum atomic E-state index is 6.31. The van der Waals surface area contributed by atoms with E-state index < -0.39 is 0 Å². The van der Waals surface area contributed by atoms with E-state index in [9.17, 15) is 0 Å². The predicted molar refractivity (Wildman–Crippen MR) is 165 cm³/mol. The molecular weight excluding hydrogens is 492 g/mol. The Morgan fingerprint density at radius 2 is 1.70 bits per heavy atom. The molecule has 3 heteroatoms. The van der Waals surface area contributed by atoms with Gasteiger partial charge in [0.25, 0.3) is 0 Å². The number of hydrogen-bond donors (Lipinski definition) is 0. The van der Waals surface area contributed by atoms with Crippen LogP contribution in [0.1, 0.15) is 81.4 Å². The van der Waals surface area contributed by atoms with Crippen LogP contribution in [-0.4, -0.2) is 13.2 Å². The lowest BCUT2D eigenvalue weighted by Gasteiger charge is -2.27. The largest absolute Gasteiger partial charge is 0.493 e. The van der Waals surface area contributed by atoms with E-state index in [1.807, 2.05) is 6.07 Å². The highest BCUT2D eigenvalue weighted by Gasteiger charge is 2.20. The van der Waals surface area contributed by atoms with E-state index in [2.05, 4.69) is 85.8 Å². The van der Waals surface area contributed by atoms with Gasteiger partial charge in [0, 0.05) is 18.1 Å². The molecule has 3 aliphatic rings. The summed E-state index contributed by atoms with van der Waals surface area (Å²) in [6, 6.07) is 16.9. The summed E-state index contributed by atoms with van der Waals surface area (Å²) in [5.41, 5.74) is 4.65. The van der Waals surface area contributed by atoms with Gasteiger partial charge in [-0.1, -0.05) is 106 Å². The molecule has 0 amide bonds. The first-order valence-corrected chi connectivity index (χ1v) is 15.5. The van der Waals surface area contributed by atoms with Gasteiger partial charge in [-0.15, -0.1) is 0 Å². The van der Waals surface area contributed by atoms with Crippen LogP contribution >= 0.6 is 0 Å². The van der Waals surface area contributed by atoms with Crippen LogP contribution in [0.15, 0.2) is 90.2 Å². The highest BCUT2D eigenvalue weighted by atomic mass is 16.5. The van der Waals surface area contributed by atoms with Crippen molar-refractivity contribution in [1.82, 2.24) is 0 Å². The highest BCUT2D eigenvalue weighted by Crippen LogP contribution is 2.33. The fraction of sp³-hybridized carbons (Fsp3) is 0.459. The minimum Gasteiger partial charge on any atom is -0.493 e. The molecule has 2 aromatic rings. The normalized spacial score (nSPS) is 25.9. The van der Waals surface area contributed by atoms with Crippen LogP contribution in [0.3, 0.4) is 0 Å². The smallest absolute Gasteiger partial charge is 0.124 e. The van der Waals surface area contributed by atoms with E-state index in [0.717, 1.165) is 72.5 Å². The molecule has 0 N–H and O–H groups in total. The molecule has 0 saturated heterocycles. The maximum absolute atomic E-state index is 6.31. The topological polar surface area (TPSA) is 27.7 Å². The summed E-state index contributed by atoms with van der Waals surface area (Å²) in [6.07, 6.45) is 24.7. The summed E-state index contributed by atoms with van der Waals surface area (Å²) in [7, 11) is 0. The van der Waals surface area contributed by atoms with Crippen molar-refractivity contribution in [3.63, 3.8) is 0 Å². The molecule has 212 valence electrons. The van der Waals surface area contributed by atoms with Crippen LogP contribution < -0.4 is 4.74 Å². The summed E-state index contributed by atoms with van der Waals surface area (Å²) in [5.74, 6) is 4.11. The first kappa shape index (κ1) is 28.5. The quantitative estimate of drug-likeness (QED) is 0.335. The third-order valence-electron chi connectivity index (χ3n) is 8.68. The Morgan fingerprint density at radius 1 is 0.875 bits per heavy atom. The Hall–Kier alpha value is -3.04. The number of fused-ring (bicyclic) bond motifs is 1. The monoisotopic (exact) mass is 538 g/mol. The third kappa shape index (κ3) is 8.73. The van der Waals surface area contributed by atoms with Gasteiger partial charge >= 0.3 is 0 Å². The average molecular weight is 539 g/mol. The SMILES string of the molecule is CC1C/C=C/C(/C=C/c2ccc3c(c2)COCCCC(CCC2CCC2)CCO3)=C\C=C/1OCc1ccccc1. The van der Waals surface area contributed by atoms with E-state index in [1.165, 1.54) is 44.1 Å². The lowest BCUT2D eigenvalue weighted by atomic mass is 9.79. The molecule has 3 nitrogen and oxygen atoms in total. The van der Waals surface area contributed by atoms with Crippen molar-refractivity contribution in [2.45, 2.75) is 77.9 Å². The van der Waals surface area contributed by atoms with Crippen molar-refractivity contribution in [1.29, 1.82) is 0 Å². The van der Waals surface area contributed by atoms with Crippen LogP contribution in [0.25, 0.3) is 6.08 Å². The Morgan fingerprint density at radius 3 is 2.52 bits per heavy atom. The zero-order chi connectivity index (χ0) is 27.4. The fourth-order valence-electron chi connectivity index (χ4n) is 5.79. The first-order chi connectivity index (χ1) is 19.7. The van der Waals surface area contributed by atoms with Crippen LogP contribution in [-0.2, 0) is 22.7 Å². The van der Waals surface area contributed by atoms with Crippen LogP contribution in [0.2, 0.25) is 0 Å². The summed E-state index contributed by atoms with van der Waals surface area (Å²) in [4.78, 5) is 0. The van der Waals surface area contributed by atoms with Gasteiger partial charge in [-0.3, -0.25) is 0 Å². The molecule has 0 bridgehead atoms. The number of rotatable bonds is 8. The molecule has 2 unspecified atom stereocenters. The van der Waals surface area contributed by atoms with Crippen LogP contribution in [0.4, 0.5) is 0 Å². The van der Waals surface area contributed by atoms with E-state index >= 15 is 0 Å². The lowest BCUT2D eigenvalue weighted by molar-refractivity contribution is 0.113. The Balaban J connectivity index is 1.20. The van der Waals surface area contributed by atoms with Gasteiger partial charge in [-0.05, 0) is 72.4 Å². The number of benzene rings is 2. The number of allylic oxidation sites excluding steroid dienone is 7. The van der Waals surface area contributed by atoms with Gasteiger partial charge in [-0.2, -0.15) is 0 Å². The second-order valence-corrected chi connectivity index (χ2v) is 11.8.